The topological polar surface area (TPSA) is 36.4 Å². The fraction of sp³-hybridized carbons (Fsp3) is 0.368. The van der Waals surface area contributed by atoms with Gasteiger partial charge in [0.1, 0.15) is 0 Å². The van der Waals surface area contributed by atoms with E-state index in [4.69, 9.17) is 0 Å². The molecule has 0 unspecified atom stereocenters. The first kappa shape index (κ1) is 14.2. The molecule has 4 nitrogen and oxygen atoms in total. The average molecular weight is 307 g/mol. The van der Waals surface area contributed by atoms with Crippen LogP contribution in [0, 0.1) is 5.92 Å². The molecule has 1 amide bonds. The van der Waals surface area contributed by atoms with Gasteiger partial charge in [0.05, 0.1) is 11.9 Å². The van der Waals surface area contributed by atoms with E-state index in [1.807, 2.05) is 23.2 Å². The molecule has 0 N–H and O–H groups in total. The number of aromatic nitrogens is 1. The quantitative estimate of drug-likeness (QED) is 0.874. The summed E-state index contributed by atoms with van der Waals surface area (Å²) < 4.78 is 0. The van der Waals surface area contributed by atoms with Crippen LogP contribution < -0.4 is 4.90 Å². The summed E-state index contributed by atoms with van der Waals surface area (Å²) in [5, 5.41) is 0. The molecular formula is C19H21N3O. The molecule has 1 aliphatic carbocycles. The van der Waals surface area contributed by atoms with Crippen molar-refractivity contribution in [2.45, 2.75) is 12.3 Å². The highest BCUT2D eigenvalue weighted by Gasteiger charge is 2.45. The minimum Gasteiger partial charge on any atom is -0.367 e. The Morgan fingerprint density at radius 2 is 1.78 bits per heavy atom. The third-order valence-corrected chi connectivity index (χ3v) is 4.94. The summed E-state index contributed by atoms with van der Waals surface area (Å²) in [7, 11) is 0. The lowest BCUT2D eigenvalue weighted by atomic mass is 10.1. The molecule has 4 rings (SSSR count). The summed E-state index contributed by atoms with van der Waals surface area (Å²) in [5.41, 5.74) is 2.45. The van der Waals surface area contributed by atoms with E-state index in [0.717, 1.165) is 38.3 Å². The molecule has 0 radical (unpaired) electrons. The zero-order valence-electron chi connectivity index (χ0n) is 13.1. The van der Waals surface area contributed by atoms with Gasteiger partial charge in [-0.05, 0) is 30.0 Å². The number of nitrogens with zero attached hydrogens (tertiary/aromatic N) is 3. The predicted molar refractivity (Wildman–Crippen MR) is 90.3 cm³/mol. The molecule has 23 heavy (non-hydrogen) atoms. The van der Waals surface area contributed by atoms with Crippen molar-refractivity contribution in [1.82, 2.24) is 9.88 Å². The van der Waals surface area contributed by atoms with Gasteiger partial charge in [-0.2, -0.15) is 0 Å². The number of carbonyl (C=O) groups is 1. The number of anilines is 1. The summed E-state index contributed by atoms with van der Waals surface area (Å²) in [5.74, 6) is 0.965. The Balaban J connectivity index is 1.34. The van der Waals surface area contributed by atoms with Gasteiger partial charge < -0.3 is 9.80 Å². The fourth-order valence-electron chi connectivity index (χ4n) is 3.50. The first-order valence-electron chi connectivity index (χ1n) is 8.31. The van der Waals surface area contributed by atoms with Crippen molar-refractivity contribution in [2.75, 3.05) is 31.1 Å². The third kappa shape index (κ3) is 2.93. The summed E-state index contributed by atoms with van der Waals surface area (Å²) in [4.78, 5) is 21.2. The smallest absolute Gasteiger partial charge is 0.226 e. The predicted octanol–water partition coefficient (Wildman–Crippen LogP) is 2.53. The van der Waals surface area contributed by atoms with E-state index >= 15 is 0 Å². The SMILES string of the molecule is O=C([C@H]1C[C@@H]1c1ccccc1)N1CCN(c2cccnc2)CC1. The summed E-state index contributed by atoms with van der Waals surface area (Å²) in [6.45, 7) is 3.40. The van der Waals surface area contributed by atoms with Gasteiger partial charge in [-0.1, -0.05) is 30.3 Å². The normalized spacial score (nSPS) is 23.7. The number of piperazine rings is 1. The van der Waals surface area contributed by atoms with Crippen LogP contribution >= 0.6 is 0 Å². The Kier molecular flexibility index (Phi) is 3.74. The molecule has 4 heteroatoms. The van der Waals surface area contributed by atoms with Crippen molar-refractivity contribution >= 4 is 11.6 Å². The first-order chi connectivity index (χ1) is 11.3. The zero-order valence-corrected chi connectivity index (χ0v) is 13.1. The molecule has 2 atom stereocenters. The Morgan fingerprint density at radius 3 is 2.48 bits per heavy atom. The van der Waals surface area contributed by atoms with Crippen molar-refractivity contribution < 1.29 is 4.79 Å². The molecular weight excluding hydrogens is 286 g/mol. The van der Waals surface area contributed by atoms with Crippen LogP contribution in [0.1, 0.15) is 17.9 Å². The Hall–Kier alpha value is -2.36. The maximum atomic E-state index is 12.7. The molecule has 0 bridgehead atoms. The fourth-order valence-corrected chi connectivity index (χ4v) is 3.50. The van der Waals surface area contributed by atoms with Crippen LogP contribution in [0.15, 0.2) is 54.9 Å². The zero-order chi connectivity index (χ0) is 15.6. The molecule has 2 fully saturated rings. The number of rotatable bonds is 3. The highest BCUT2D eigenvalue weighted by Crippen LogP contribution is 2.48. The van der Waals surface area contributed by atoms with E-state index < -0.39 is 0 Å². The Morgan fingerprint density at radius 1 is 1.00 bits per heavy atom. The van der Waals surface area contributed by atoms with Gasteiger partial charge in [-0.25, -0.2) is 0 Å². The largest absolute Gasteiger partial charge is 0.367 e. The maximum absolute atomic E-state index is 12.7. The lowest BCUT2D eigenvalue weighted by Gasteiger charge is -2.36. The summed E-state index contributed by atoms with van der Waals surface area (Å²) in [6, 6.07) is 14.5. The van der Waals surface area contributed by atoms with Crippen molar-refractivity contribution in [3.63, 3.8) is 0 Å². The third-order valence-electron chi connectivity index (χ3n) is 4.94. The summed E-state index contributed by atoms with van der Waals surface area (Å²) >= 11 is 0. The van der Waals surface area contributed by atoms with E-state index in [9.17, 15) is 4.79 Å². The molecule has 1 aromatic carbocycles. The average Bonchev–Trinajstić information content (AvgIpc) is 3.44. The van der Waals surface area contributed by atoms with E-state index in [1.54, 1.807) is 6.20 Å². The highest BCUT2D eigenvalue weighted by molar-refractivity contribution is 5.83. The van der Waals surface area contributed by atoms with Gasteiger partial charge in [-0.3, -0.25) is 9.78 Å². The molecule has 1 aromatic heterocycles. The van der Waals surface area contributed by atoms with Crippen LogP contribution in [0.2, 0.25) is 0 Å². The van der Waals surface area contributed by atoms with Gasteiger partial charge >= 0.3 is 0 Å². The number of hydrogen-bond donors (Lipinski definition) is 0. The van der Waals surface area contributed by atoms with Crippen LogP contribution in [0.25, 0.3) is 0 Å². The van der Waals surface area contributed by atoms with Gasteiger partial charge in [-0.15, -0.1) is 0 Å². The Bertz CT molecular complexity index is 666. The molecule has 118 valence electrons. The van der Waals surface area contributed by atoms with Crippen LogP contribution in [0.4, 0.5) is 5.69 Å². The second kappa shape index (κ2) is 6.03. The lowest BCUT2D eigenvalue weighted by molar-refractivity contribution is -0.132. The number of amides is 1. The van der Waals surface area contributed by atoms with Crippen LogP contribution in [0.3, 0.4) is 0 Å². The van der Waals surface area contributed by atoms with E-state index in [2.05, 4.69) is 40.2 Å². The minimum atomic E-state index is 0.197. The van der Waals surface area contributed by atoms with E-state index in [-0.39, 0.29) is 5.92 Å². The van der Waals surface area contributed by atoms with E-state index in [0.29, 0.717) is 11.8 Å². The number of carbonyl (C=O) groups excluding carboxylic acids is 1. The van der Waals surface area contributed by atoms with Gasteiger partial charge in [0.25, 0.3) is 0 Å². The maximum Gasteiger partial charge on any atom is 0.226 e. The van der Waals surface area contributed by atoms with Crippen LogP contribution in [-0.4, -0.2) is 42.0 Å². The standard InChI is InChI=1S/C19H21N3O/c23-19(18-13-17(18)15-5-2-1-3-6-15)22-11-9-21(10-12-22)16-7-4-8-20-14-16/h1-8,14,17-18H,9-13H2/t17-,18+/m1/s1. The van der Waals surface area contributed by atoms with Gasteiger partial charge in [0.15, 0.2) is 0 Å². The first-order valence-corrected chi connectivity index (χ1v) is 8.31. The second-order valence-corrected chi connectivity index (χ2v) is 6.38. The molecule has 1 saturated heterocycles. The molecule has 1 saturated carbocycles. The van der Waals surface area contributed by atoms with Crippen LogP contribution in [0.5, 0.6) is 0 Å². The molecule has 2 aromatic rings. The minimum absolute atomic E-state index is 0.197. The van der Waals surface area contributed by atoms with Crippen LogP contribution in [-0.2, 0) is 4.79 Å². The van der Waals surface area contributed by atoms with E-state index in [1.165, 1.54) is 5.56 Å². The van der Waals surface area contributed by atoms with Crippen molar-refractivity contribution in [1.29, 1.82) is 0 Å². The highest BCUT2D eigenvalue weighted by atomic mass is 16.2. The Labute approximate surface area is 136 Å². The van der Waals surface area contributed by atoms with Crippen molar-refractivity contribution in [2.24, 2.45) is 5.92 Å². The lowest BCUT2D eigenvalue weighted by Crippen LogP contribution is -2.49. The molecule has 1 aliphatic heterocycles. The summed E-state index contributed by atoms with van der Waals surface area (Å²) in [6.07, 6.45) is 4.69. The van der Waals surface area contributed by atoms with Gasteiger partial charge in [0.2, 0.25) is 5.91 Å². The van der Waals surface area contributed by atoms with Crippen molar-refractivity contribution in [3.05, 3.63) is 60.4 Å². The molecule has 2 aliphatic rings. The van der Waals surface area contributed by atoms with Crippen molar-refractivity contribution in [3.8, 4) is 0 Å². The van der Waals surface area contributed by atoms with Gasteiger partial charge in [0, 0.05) is 38.3 Å². The molecule has 0 spiro atoms. The number of benzene rings is 1. The second-order valence-electron chi connectivity index (χ2n) is 6.38. The number of pyridine rings is 1. The monoisotopic (exact) mass is 307 g/mol. The number of hydrogen-bond acceptors (Lipinski definition) is 3. The molecule has 2 heterocycles.